The van der Waals surface area contributed by atoms with Gasteiger partial charge in [0.05, 0.1) is 5.69 Å². The zero-order valence-electron chi connectivity index (χ0n) is 11.7. The summed E-state index contributed by atoms with van der Waals surface area (Å²) in [4.78, 5) is 15.8. The zero-order chi connectivity index (χ0) is 13.8. The van der Waals surface area contributed by atoms with Crippen LogP contribution in [-0.2, 0) is 11.2 Å². The van der Waals surface area contributed by atoms with Crippen LogP contribution in [0.3, 0.4) is 0 Å². The molecular weight excluding hydrogens is 240 g/mol. The van der Waals surface area contributed by atoms with E-state index < -0.39 is 0 Å². The molecule has 0 aliphatic rings. The van der Waals surface area contributed by atoms with Gasteiger partial charge in [-0.05, 0) is 25.3 Å². The lowest BCUT2D eigenvalue weighted by Gasteiger charge is -2.07. The first-order chi connectivity index (χ1) is 9.06. The van der Waals surface area contributed by atoms with Gasteiger partial charge in [-0.1, -0.05) is 13.8 Å². The number of carbonyl (C=O) groups is 1. The van der Waals surface area contributed by atoms with Crippen LogP contribution in [0.15, 0.2) is 18.5 Å². The number of hydrogen-bond donors (Lipinski definition) is 1. The van der Waals surface area contributed by atoms with Crippen molar-refractivity contribution in [3.63, 3.8) is 0 Å². The Morgan fingerprint density at radius 3 is 3.00 bits per heavy atom. The topological polar surface area (TPSA) is 59.3 Å². The van der Waals surface area contributed by atoms with E-state index >= 15 is 0 Å². The lowest BCUT2D eigenvalue weighted by molar-refractivity contribution is -0.123. The summed E-state index contributed by atoms with van der Waals surface area (Å²) in [7, 11) is 0. The minimum Gasteiger partial charge on any atom is -0.356 e. The second kappa shape index (κ2) is 5.82. The van der Waals surface area contributed by atoms with E-state index in [0.717, 1.165) is 29.7 Å². The molecular formula is C14H20N4O. The van der Waals surface area contributed by atoms with E-state index in [4.69, 9.17) is 0 Å². The van der Waals surface area contributed by atoms with Crippen LogP contribution >= 0.6 is 0 Å². The molecule has 0 saturated carbocycles. The van der Waals surface area contributed by atoms with Gasteiger partial charge in [0.25, 0.3) is 0 Å². The first-order valence-electron chi connectivity index (χ1n) is 6.65. The van der Waals surface area contributed by atoms with Crippen molar-refractivity contribution in [1.29, 1.82) is 0 Å². The van der Waals surface area contributed by atoms with Crippen molar-refractivity contribution in [2.24, 2.45) is 5.92 Å². The van der Waals surface area contributed by atoms with E-state index in [0.29, 0.717) is 6.54 Å². The molecule has 2 aromatic rings. The fraction of sp³-hybridized carbons (Fsp3) is 0.500. The molecule has 0 unspecified atom stereocenters. The van der Waals surface area contributed by atoms with Crippen LogP contribution in [0.25, 0.3) is 5.65 Å². The first kappa shape index (κ1) is 13.5. The maximum atomic E-state index is 11.4. The van der Waals surface area contributed by atoms with Gasteiger partial charge in [0, 0.05) is 30.9 Å². The van der Waals surface area contributed by atoms with Crippen LogP contribution in [0.2, 0.25) is 0 Å². The van der Waals surface area contributed by atoms with Crippen LogP contribution < -0.4 is 5.32 Å². The van der Waals surface area contributed by atoms with Gasteiger partial charge in [0.15, 0.2) is 5.65 Å². The Morgan fingerprint density at radius 2 is 2.26 bits per heavy atom. The molecule has 0 aliphatic heterocycles. The summed E-state index contributed by atoms with van der Waals surface area (Å²) < 4.78 is 1.80. The van der Waals surface area contributed by atoms with Crippen molar-refractivity contribution in [2.75, 3.05) is 6.54 Å². The number of nitrogens with one attached hydrogen (secondary N) is 1. The zero-order valence-corrected chi connectivity index (χ0v) is 11.7. The smallest absolute Gasteiger partial charge is 0.222 e. The third-order valence-electron chi connectivity index (χ3n) is 2.95. The van der Waals surface area contributed by atoms with Gasteiger partial charge in [0.2, 0.25) is 5.91 Å². The molecule has 102 valence electrons. The van der Waals surface area contributed by atoms with Crippen LogP contribution in [0.4, 0.5) is 0 Å². The predicted octanol–water partition coefficient (Wildman–Crippen LogP) is 1.74. The van der Waals surface area contributed by atoms with Crippen LogP contribution in [0, 0.1) is 12.8 Å². The monoisotopic (exact) mass is 260 g/mol. The van der Waals surface area contributed by atoms with E-state index in [1.165, 1.54) is 0 Å². The van der Waals surface area contributed by atoms with Crippen LogP contribution in [0.1, 0.15) is 31.5 Å². The van der Waals surface area contributed by atoms with Gasteiger partial charge in [-0.15, -0.1) is 0 Å². The Kier molecular flexibility index (Phi) is 4.14. The highest BCUT2D eigenvalue weighted by Crippen LogP contribution is 2.06. The molecule has 5 nitrogen and oxygen atoms in total. The standard InChI is InChI=1S/C14H20N4O/c1-10(2)14(19)15-6-4-5-12-8-16-13-7-11(3)17-18(13)9-12/h7-10H,4-6H2,1-3H3,(H,15,19). The Balaban J connectivity index is 1.86. The van der Waals surface area contributed by atoms with Gasteiger partial charge in [-0.3, -0.25) is 4.79 Å². The number of nitrogens with zero attached hydrogens (tertiary/aromatic N) is 3. The molecule has 0 radical (unpaired) electrons. The number of fused-ring (bicyclic) bond motifs is 1. The molecule has 0 spiro atoms. The average Bonchev–Trinajstić information content (AvgIpc) is 2.73. The highest BCUT2D eigenvalue weighted by atomic mass is 16.1. The average molecular weight is 260 g/mol. The van der Waals surface area contributed by atoms with Crippen molar-refractivity contribution in [3.8, 4) is 0 Å². The van der Waals surface area contributed by atoms with Gasteiger partial charge >= 0.3 is 0 Å². The third-order valence-corrected chi connectivity index (χ3v) is 2.95. The van der Waals surface area contributed by atoms with E-state index in [2.05, 4.69) is 15.4 Å². The van der Waals surface area contributed by atoms with Crippen LogP contribution in [0.5, 0.6) is 0 Å². The third kappa shape index (κ3) is 3.53. The summed E-state index contributed by atoms with van der Waals surface area (Å²) in [6, 6.07) is 1.95. The SMILES string of the molecule is Cc1cc2ncc(CCCNC(=O)C(C)C)cn2n1. The second-order valence-electron chi connectivity index (χ2n) is 5.10. The quantitative estimate of drug-likeness (QED) is 0.833. The second-order valence-corrected chi connectivity index (χ2v) is 5.10. The molecule has 2 aromatic heterocycles. The van der Waals surface area contributed by atoms with Crippen molar-refractivity contribution < 1.29 is 4.79 Å². The maximum absolute atomic E-state index is 11.4. The molecule has 0 saturated heterocycles. The van der Waals surface area contributed by atoms with Gasteiger partial charge in [-0.2, -0.15) is 5.10 Å². The molecule has 19 heavy (non-hydrogen) atoms. The van der Waals surface area contributed by atoms with Crippen molar-refractivity contribution in [3.05, 3.63) is 29.7 Å². The summed E-state index contributed by atoms with van der Waals surface area (Å²) in [5, 5.41) is 7.25. The lowest BCUT2D eigenvalue weighted by Crippen LogP contribution is -2.28. The number of aryl methyl sites for hydroxylation is 2. The molecule has 2 heterocycles. The van der Waals surface area contributed by atoms with Crippen LogP contribution in [-0.4, -0.2) is 27.0 Å². The molecule has 0 aliphatic carbocycles. The Bertz CT molecular complexity index is 574. The number of carbonyl (C=O) groups excluding carboxylic acids is 1. The van der Waals surface area contributed by atoms with Gasteiger partial charge in [-0.25, -0.2) is 9.50 Å². The predicted molar refractivity (Wildman–Crippen MR) is 73.9 cm³/mol. The van der Waals surface area contributed by atoms with Gasteiger partial charge in [0.1, 0.15) is 0 Å². The molecule has 2 rings (SSSR count). The molecule has 0 fully saturated rings. The summed E-state index contributed by atoms with van der Waals surface area (Å²) in [6.45, 7) is 6.45. The lowest BCUT2D eigenvalue weighted by atomic mass is 10.2. The highest BCUT2D eigenvalue weighted by Gasteiger charge is 2.05. The number of rotatable bonds is 5. The molecule has 5 heteroatoms. The Hall–Kier alpha value is -1.91. The summed E-state index contributed by atoms with van der Waals surface area (Å²) in [6.07, 6.45) is 5.67. The summed E-state index contributed by atoms with van der Waals surface area (Å²) in [5.74, 6) is 0.154. The van der Waals surface area contributed by atoms with Crippen molar-refractivity contribution >= 4 is 11.6 Å². The Labute approximate surface area is 113 Å². The molecule has 0 bridgehead atoms. The minimum absolute atomic E-state index is 0.0464. The number of amides is 1. The number of hydrogen-bond acceptors (Lipinski definition) is 3. The van der Waals surface area contributed by atoms with E-state index in [9.17, 15) is 4.79 Å². The van der Waals surface area contributed by atoms with Crippen molar-refractivity contribution in [1.82, 2.24) is 19.9 Å². The molecule has 0 aromatic carbocycles. The van der Waals surface area contributed by atoms with E-state index in [1.54, 1.807) is 4.52 Å². The number of aromatic nitrogens is 3. The fourth-order valence-electron chi connectivity index (χ4n) is 1.87. The normalized spacial score (nSPS) is 11.2. The van der Waals surface area contributed by atoms with E-state index in [1.807, 2.05) is 39.2 Å². The fourth-order valence-corrected chi connectivity index (χ4v) is 1.87. The first-order valence-corrected chi connectivity index (χ1v) is 6.65. The summed E-state index contributed by atoms with van der Waals surface area (Å²) in [5.41, 5.74) is 2.97. The van der Waals surface area contributed by atoms with E-state index in [-0.39, 0.29) is 11.8 Å². The summed E-state index contributed by atoms with van der Waals surface area (Å²) >= 11 is 0. The molecule has 1 N–H and O–H groups in total. The maximum Gasteiger partial charge on any atom is 0.222 e. The molecule has 0 atom stereocenters. The van der Waals surface area contributed by atoms with Gasteiger partial charge < -0.3 is 5.32 Å². The largest absolute Gasteiger partial charge is 0.356 e. The minimum atomic E-state index is 0.0464. The molecule has 1 amide bonds. The Morgan fingerprint density at radius 1 is 1.47 bits per heavy atom. The van der Waals surface area contributed by atoms with Crippen molar-refractivity contribution in [2.45, 2.75) is 33.6 Å². The highest BCUT2D eigenvalue weighted by molar-refractivity contribution is 5.77.